The fourth-order valence-corrected chi connectivity index (χ4v) is 8.28. The molecule has 7 nitrogen and oxygen atoms in total. The van der Waals surface area contributed by atoms with Crippen LogP contribution in [0.2, 0.25) is 10.0 Å². The highest BCUT2D eigenvalue weighted by Crippen LogP contribution is 2.71. The molecule has 2 N–H and O–H groups in total. The standard InChI is InChI=1S/C25H30Cl2F4N4O3S/c1-22(2)19(20(36)32-9-15-8-25(15,30)31)33-21(34-22)23-11-24(12-23,13-23)35(39(37,38)6-5-18(28)29)10-14-3-4-16(26)17(27)7-14/h3-4,7,15,18-19H,5-6,8-13H2,1-2H3,(H,32,36)(H,33,34)/t15?,19-,23?,24?/m0/s1. The minimum atomic E-state index is -4.04. The fraction of sp³-hybridized carbons (Fsp3) is 0.680. The summed E-state index contributed by atoms with van der Waals surface area (Å²) in [7, 11) is -4.04. The first-order valence-corrected chi connectivity index (χ1v) is 15.1. The number of benzene rings is 1. The second-order valence-electron chi connectivity index (χ2n) is 11.9. The predicted octanol–water partition coefficient (Wildman–Crippen LogP) is 4.62. The van der Waals surface area contributed by atoms with E-state index in [4.69, 9.17) is 28.2 Å². The molecule has 1 aliphatic heterocycles. The van der Waals surface area contributed by atoms with E-state index in [0.717, 1.165) is 0 Å². The summed E-state index contributed by atoms with van der Waals surface area (Å²) in [5.74, 6) is -4.09. The van der Waals surface area contributed by atoms with E-state index >= 15 is 0 Å². The average molecular weight is 614 g/mol. The molecule has 5 aliphatic rings. The minimum Gasteiger partial charge on any atom is -0.360 e. The number of rotatable bonds is 11. The molecule has 0 spiro atoms. The Morgan fingerprint density at radius 1 is 1.21 bits per heavy atom. The molecule has 1 heterocycles. The quantitative estimate of drug-likeness (QED) is 0.357. The number of carbonyl (C=O) groups is 1. The van der Waals surface area contributed by atoms with Gasteiger partial charge in [0.1, 0.15) is 11.9 Å². The van der Waals surface area contributed by atoms with E-state index in [0.29, 0.717) is 35.7 Å². The number of nitrogens with one attached hydrogen (secondary N) is 2. The zero-order valence-electron chi connectivity index (χ0n) is 21.4. The van der Waals surface area contributed by atoms with Crippen LogP contribution in [0.1, 0.15) is 51.5 Å². The first-order chi connectivity index (χ1) is 18.0. The van der Waals surface area contributed by atoms with Crippen molar-refractivity contribution < 1.29 is 30.8 Å². The van der Waals surface area contributed by atoms with Crippen molar-refractivity contribution in [1.29, 1.82) is 0 Å². The van der Waals surface area contributed by atoms with Crippen LogP contribution in [0, 0.1) is 11.3 Å². The summed E-state index contributed by atoms with van der Waals surface area (Å²) < 4.78 is 80.2. The molecule has 0 radical (unpaired) electrons. The topological polar surface area (TPSA) is 90.9 Å². The molecule has 1 unspecified atom stereocenters. The second kappa shape index (κ2) is 9.46. The third kappa shape index (κ3) is 5.26. The highest BCUT2D eigenvalue weighted by atomic mass is 35.5. The minimum absolute atomic E-state index is 0.0409. The maximum atomic E-state index is 13.3. The van der Waals surface area contributed by atoms with Gasteiger partial charge in [-0.25, -0.2) is 26.0 Å². The number of amidine groups is 1. The van der Waals surface area contributed by atoms with Crippen molar-refractivity contribution in [3.8, 4) is 0 Å². The van der Waals surface area contributed by atoms with Crippen molar-refractivity contribution in [1.82, 2.24) is 14.9 Å². The third-order valence-corrected chi connectivity index (χ3v) is 11.1. The molecule has 2 atom stereocenters. The summed E-state index contributed by atoms with van der Waals surface area (Å²) in [5.41, 5.74) is -1.49. The molecule has 216 valence electrons. The van der Waals surface area contributed by atoms with Gasteiger partial charge >= 0.3 is 0 Å². The van der Waals surface area contributed by atoms with Crippen LogP contribution in [0.25, 0.3) is 0 Å². The molecular weight excluding hydrogens is 583 g/mol. The Labute approximate surface area is 234 Å². The Morgan fingerprint density at radius 2 is 1.85 bits per heavy atom. The molecule has 2 bridgehead atoms. The number of hydrogen-bond acceptors (Lipinski definition) is 5. The number of carbonyl (C=O) groups excluding carboxylic acids is 1. The van der Waals surface area contributed by atoms with Crippen LogP contribution < -0.4 is 10.6 Å². The molecular formula is C25H30Cl2F4N4O3S. The number of nitrogens with zero attached hydrogens (tertiary/aromatic N) is 2. The SMILES string of the molecule is CC1(C)N=C(C23CC(N(Cc4ccc(Cl)c(Cl)c4)S(=O)(=O)CCC(F)F)(C2)C3)N[C@H]1C(=O)NCC1CC1(F)F. The van der Waals surface area contributed by atoms with Crippen molar-refractivity contribution in [2.24, 2.45) is 16.3 Å². The zero-order chi connectivity index (χ0) is 28.6. The first kappa shape index (κ1) is 28.9. The highest BCUT2D eigenvalue weighted by molar-refractivity contribution is 7.89. The molecule has 0 aromatic heterocycles. The predicted molar refractivity (Wildman–Crippen MR) is 140 cm³/mol. The van der Waals surface area contributed by atoms with Crippen molar-refractivity contribution in [2.45, 2.75) is 82.0 Å². The summed E-state index contributed by atoms with van der Waals surface area (Å²) in [5, 5.41) is 6.35. The second-order valence-corrected chi connectivity index (χ2v) is 14.7. The number of hydrogen-bond donors (Lipinski definition) is 2. The Bertz CT molecular complexity index is 1300. The van der Waals surface area contributed by atoms with Gasteiger partial charge in [-0.15, -0.1) is 0 Å². The van der Waals surface area contributed by atoms with Crippen LogP contribution in [-0.4, -0.2) is 66.2 Å². The van der Waals surface area contributed by atoms with Crippen LogP contribution >= 0.6 is 23.2 Å². The third-order valence-electron chi connectivity index (χ3n) is 8.40. The zero-order valence-corrected chi connectivity index (χ0v) is 23.7. The maximum absolute atomic E-state index is 13.3. The van der Waals surface area contributed by atoms with Crippen molar-refractivity contribution in [3.63, 3.8) is 0 Å². The fourth-order valence-electron chi connectivity index (χ4n) is 6.14. The normalized spacial score (nSPS) is 31.8. The van der Waals surface area contributed by atoms with E-state index in [1.54, 1.807) is 32.0 Å². The van der Waals surface area contributed by atoms with Gasteiger partial charge in [0.05, 0.1) is 21.3 Å². The molecule has 0 saturated heterocycles. The molecule has 1 aromatic carbocycles. The molecule has 4 aliphatic carbocycles. The van der Waals surface area contributed by atoms with Crippen LogP contribution in [0.4, 0.5) is 17.6 Å². The van der Waals surface area contributed by atoms with E-state index in [-0.39, 0.29) is 24.5 Å². The molecule has 1 aromatic rings. The molecule has 39 heavy (non-hydrogen) atoms. The first-order valence-electron chi connectivity index (χ1n) is 12.7. The van der Waals surface area contributed by atoms with E-state index in [2.05, 4.69) is 10.6 Å². The molecule has 1 amide bonds. The average Bonchev–Trinajstić information content (AvgIpc) is 3.26. The molecule has 4 fully saturated rings. The van der Waals surface area contributed by atoms with Gasteiger partial charge in [0.2, 0.25) is 22.4 Å². The lowest BCUT2D eigenvalue weighted by Gasteiger charge is -2.73. The van der Waals surface area contributed by atoms with Gasteiger partial charge in [0, 0.05) is 42.8 Å². The van der Waals surface area contributed by atoms with Crippen LogP contribution in [0.5, 0.6) is 0 Å². The van der Waals surface area contributed by atoms with Crippen molar-refractivity contribution >= 4 is 45.0 Å². The van der Waals surface area contributed by atoms with Gasteiger partial charge < -0.3 is 10.6 Å². The van der Waals surface area contributed by atoms with Gasteiger partial charge in [0.25, 0.3) is 5.92 Å². The van der Waals surface area contributed by atoms with Crippen molar-refractivity contribution in [3.05, 3.63) is 33.8 Å². The lowest BCUT2D eigenvalue weighted by Crippen LogP contribution is -2.78. The lowest BCUT2D eigenvalue weighted by atomic mass is 9.38. The number of alkyl halides is 4. The van der Waals surface area contributed by atoms with E-state index in [1.807, 2.05) is 0 Å². The Balaban J connectivity index is 1.29. The van der Waals surface area contributed by atoms with Gasteiger partial charge in [-0.3, -0.25) is 9.79 Å². The number of halogens is 6. The monoisotopic (exact) mass is 612 g/mol. The number of amides is 1. The summed E-state index contributed by atoms with van der Waals surface area (Å²) in [6, 6.07) is 4.01. The smallest absolute Gasteiger partial charge is 0.253 e. The van der Waals surface area contributed by atoms with Gasteiger partial charge in [-0.1, -0.05) is 29.3 Å². The molecule has 4 saturated carbocycles. The van der Waals surface area contributed by atoms with Gasteiger partial charge in [-0.05, 0) is 50.8 Å². The summed E-state index contributed by atoms with van der Waals surface area (Å²) >= 11 is 12.1. The van der Waals surface area contributed by atoms with Crippen molar-refractivity contribution in [2.75, 3.05) is 12.3 Å². The summed E-state index contributed by atoms with van der Waals surface area (Å²) in [6.07, 6.45) is -2.51. The maximum Gasteiger partial charge on any atom is 0.253 e. The highest BCUT2D eigenvalue weighted by Gasteiger charge is 2.75. The van der Waals surface area contributed by atoms with E-state index < -0.39 is 68.9 Å². The van der Waals surface area contributed by atoms with Crippen LogP contribution in [0.15, 0.2) is 23.2 Å². The van der Waals surface area contributed by atoms with Gasteiger partial charge in [0.15, 0.2) is 0 Å². The molecule has 14 heteroatoms. The Kier molecular flexibility index (Phi) is 7.00. The lowest BCUT2D eigenvalue weighted by molar-refractivity contribution is -0.151. The van der Waals surface area contributed by atoms with E-state index in [1.165, 1.54) is 4.31 Å². The largest absolute Gasteiger partial charge is 0.360 e. The van der Waals surface area contributed by atoms with Crippen LogP contribution in [-0.2, 0) is 21.4 Å². The Morgan fingerprint density at radius 3 is 2.41 bits per heavy atom. The summed E-state index contributed by atoms with van der Waals surface area (Å²) in [6.45, 7) is 3.40. The summed E-state index contributed by atoms with van der Waals surface area (Å²) in [4.78, 5) is 17.6. The number of sulfonamides is 1. The molecule has 6 rings (SSSR count). The van der Waals surface area contributed by atoms with Crippen LogP contribution in [0.3, 0.4) is 0 Å². The number of aliphatic imine (C=N–C) groups is 1. The van der Waals surface area contributed by atoms with Gasteiger partial charge in [-0.2, -0.15) is 4.31 Å². The van der Waals surface area contributed by atoms with E-state index in [9.17, 15) is 30.8 Å². The Hall–Kier alpha value is -1.63.